The van der Waals surface area contributed by atoms with Crippen LogP contribution in [0.2, 0.25) is 0 Å². The highest BCUT2D eigenvalue weighted by Gasteiger charge is 2.11. The number of hydrogen-bond donors (Lipinski definition) is 1. The van der Waals surface area contributed by atoms with Gasteiger partial charge in [-0.05, 0) is 24.3 Å². The van der Waals surface area contributed by atoms with Crippen molar-refractivity contribution in [1.29, 1.82) is 0 Å². The molecule has 0 aliphatic rings. The molecule has 0 fully saturated rings. The highest BCUT2D eigenvalue weighted by molar-refractivity contribution is 5.35. The normalized spacial score (nSPS) is 12.8. The molecule has 16 heavy (non-hydrogen) atoms. The Hall–Kier alpha value is -1.42. The van der Waals surface area contributed by atoms with Crippen molar-refractivity contribution in [3.8, 4) is 0 Å². The van der Waals surface area contributed by atoms with Crippen LogP contribution in [0.15, 0.2) is 24.3 Å². The van der Waals surface area contributed by atoms with E-state index in [9.17, 15) is 10.1 Å². The number of non-ortho nitro benzene ring substituents is 1. The fourth-order valence-electron chi connectivity index (χ4n) is 1.55. The van der Waals surface area contributed by atoms with Crippen molar-refractivity contribution in [3.63, 3.8) is 0 Å². The van der Waals surface area contributed by atoms with E-state index in [-0.39, 0.29) is 11.7 Å². The van der Waals surface area contributed by atoms with Crippen molar-refractivity contribution < 1.29 is 4.92 Å². The standard InChI is InChI=1S/C12H18N2O2/c1-9(2)6-7-12(13)10-4-3-5-11(8-10)14(15)16/h3-5,8-9,12H,6-7,13H2,1-2H3/t12-/m1/s1. The van der Waals surface area contributed by atoms with Crippen LogP contribution in [-0.4, -0.2) is 4.92 Å². The van der Waals surface area contributed by atoms with E-state index in [1.54, 1.807) is 12.1 Å². The van der Waals surface area contributed by atoms with Gasteiger partial charge in [0.2, 0.25) is 0 Å². The van der Waals surface area contributed by atoms with Crippen molar-refractivity contribution in [2.75, 3.05) is 0 Å². The molecule has 0 unspecified atom stereocenters. The van der Waals surface area contributed by atoms with Gasteiger partial charge < -0.3 is 5.73 Å². The van der Waals surface area contributed by atoms with E-state index in [0.717, 1.165) is 18.4 Å². The predicted octanol–water partition coefficient (Wildman–Crippen LogP) is 3.03. The molecule has 4 heteroatoms. The number of nitro groups is 1. The van der Waals surface area contributed by atoms with Crippen LogP contribution in [0.1, 0.15) is 38.3 Å². The van der Waals surface area contributed by atoms with Crippen LogP contribution in [-0.2, 0) is 0 Å². The molecule has 0 bridgehead atoms. The molecule has 1 aromatic carbocycles. The second kappa shape index (κ2) is 5.61. The summed E-state index contributed by atoms with van der Waals surface area (Å²) in [5.74, 6) is 0.602. The second-order valence-electron chi connectivity index (χ2n) is 4.43. The third kappa shape index (κ3) is 3.62. The van der Waals surface area contributed by atoms with Crippen LogP contribution < -0.4 is 5.73 Å². The van der Waals surface area contributed by atoms with E-state index in [1.807, 2.05) is 6.07 Å². The van der Waals surface area contributed by atoms with Gasteiger partial charge in [0.1, 0.15) is 0 Å². The Labute approximate surface area is 95.6 Å². The van der Waals surface area contributed by atoms with Gasteiger partial charge in [-0.3, -0.25) is 10.1 Å². The van der Waals surface area contributed by atoms with Crippen molar-refractivity contribution in [2.24, 2.45) is 11.7 Å². The molecular formula is C12H18N2O2. The first-order chi connectivity index (χ1) is 7.50. The number of rotatable bonds is 5. The largest absolute Gasteiger partial charge is 0.324 e. The number of hydrogen-bond acceptors (Lipinski definition) is 3. The number of nitrogens with zero attached hydrogens (tertiary/aromatic N) is 1. The molecule has 0 saturated carbocycles. The molecule has 88 valence electrons. The van der Waals surface area contributed by atoms with E-state index in [2.05, 4.69) is 13.8 Å². The van der Waals surface area contributed by atoms with Gasteiger partial charge in [0.15, 0.2) is 0 Å². The summed E-state index contributed by atoms with van der Waals surface area (Å²) in [7, 11) is 0. The molecule has 0 aromatic heterocycles. The Balaban J connectivity index is 2.71. The number of nitro benzene ring substituents is 1. The van der Waals surface area contributed by atoms with E-state index >= 15 is 0 Å². The predicted molar refractivity (Wildman–Crippen MR) is 64.1 cm³/mol. The third-order valence-corrected chi connectivity index (χ3v) is 2.56. The molecule has 0 amide bonds. The Morgan fingerprint density at radius 3 is 2.62 bits per heavy atom. The summed E-state index contributed by atoms with van der Waals surface area (Å²) in [6.45, 7) is 4.28. The monoisotopic (exact) mass is 222 g/mol. The third-order valence-electron chi connectivity index (χ3n) is 2.56. The van der Waals surface area contributed by atoms with E-state index in [4.69, 9.17) is 5.73 Å². The van der Waals surface area contributed by atoms with Crippen LogP contribution in [0.4, 0.5) is 5.69 Å². The van der Waals surface area contributed by atoms with Crippen LogP contribution >= 0.6 is 0 Å². The highest BCUT2D eigenvalue weighted by Crippen LogP contribution is 2.22. The first-order valence-corrected chi connectivity index (χ1v) is 5.50. The molecule has 1 atom stereocenters. The Morgan fingerprint density at radius 2 is 2.06 bits per heavy atom. The van der Waals surface area contributed by atoms with Gasteiger partial charge in [-0.1, -0.05) is 26.0 Å². The van der Waals surface area contributed by atoms with Crippen LogP contribution in [0.3, 0.4) is 0 Å². The summed E-state index contributed by atoms with van der Waals surface area (Å²) in [4.78, 5) is 10.2. The molecule has 0 aliphatic carbocycles. The molecule has 1 rings (SSSR count). The van der Waals surface area contributed by atoms with Gasteiger partial charge in [-0.15, -0.1) is 0 Å². The van der Waals surface area contributed by atoms with E-state index < -0.39 is 4.92 Å². The number of benzene rings is 1. The highest BCUT2D eigenvalue weighted by atomic mass is 16.6. The summed E-state index contributed by atoms with van der Waals surface area (Å²) < 4.78 is 0. The molecule has 0 aliphatic heterocycles. The lowest BCUT2D eigenvalue weighted by Crippen LogP contribution is -2.11. The minimum Gasteiger partial charge on any atom is -0.324 e. The minimum atomic E-state index is -0.390. The van der Waals surface area contributed by atoms with Crippen molar-refractivity contribution in [2.45, 2.75) is 32.7 Å². The number of nitrogens with two attached hydrogens (primary N) is 1. The van der Waals surface area contributed by atoms with Crippen molar-refractivity contribution in [3.05, 3.63) is 39.9 Å². The van der Waals surface area contributed by atoms with Crippen LogP contribution in [0, 0.1) is 16.0 Å². The van der Waals surface area contributed by atoms with Gasteiger partial charge in [0.05, 0.1) is 4.92 Å². The molecule has 2 N–H and O–H groups in total. The smallest absolute Gasteiger partial charge is 0.269 e. The van der Waals surface area contributed by atoms with Gasteiger partial charge in [-0.25, -0.2) is 0 Å². The molecule has 1 aromatic rings. The zero-order valence-electron chi connectivity index (χ0n) is 9.72. The quantitative estimate of drug-likeness (QED) is 0.615. The maximum Gasteiger partial charge on any atom is 0.269 e. The van der Waals surface area contributed by atoms with Gasteiger partial charge in [-0.2, -0.15) is 0 Å². The van der Waals surface area contributed by atoms with Crippen molar-refractivity contribution >= 4 is 5.69 Å². The summed E-state index contributed by atoms with van der Waals surface area (Å²) >= 11 is 0. The fourth-order valence-corrected chi connectivity index (χ4v) is 1.55. The molecule has 4 nitrogen and oxygen atoms in total. The zero-order chi connectivity index (χ0) is 12.1. The SMILES string of the molecule is CC(C)CC[C@@H](N)c1cccc([N+](=O)[O-])c1. The summed E-state index contributed by atoms with van der Waals surface area (Å²) in [6.07, 6.45) is 1.89. The van der Waals surface area contributed by atoms with Gasteiger partial charge in [0.25, 0.3) is 5.69 Å². The van der Waals surface area contributed by atoms with Crippen molar-refractivity contribution in [1.82, 2.24) is 0 Å². The van der Waals surface area contributed by atoms with Crippen LogP contribution in [0.25, 0.3) is 0 Å². The Bertz CT molecular complexity index is 364. The van der Waals surface area contributed by atoms with Gasteiger partial charge >= 0.3 is 0 Å². The first kappa shape index (κ1) is 12.6. The zero-order valence-corrected chi connectivity index (χ0v) is 9.72. The average molecular weight is 222 g/mol. The topological polar surface area (TPSA) is 69.2 Å². The maximum absolute atomic E-state index is 10.6. The van der Waals surface area contributed by atoms with Gasteiger partial charge in [0, 0.05) is 18.2 Å². The lowest BCUT2D eigenvalue weighted by atomic mass is 9.98. The Morgan fingerprint density at radius 1 is 1.38 bits per heavy atom. The molecule has 0 heterocycles. The molecular weight excluding hydrogens is 204 g/mol. The summed E-state index contributed by atoms with van der Waals surface area (Å²) in [6, 6.07) is 6.46. The average Bonchev–Trinajstić information content (AvgIpc) is 2.26. The Kier molecular flexibility index (Phi) is 4.43. The van der Waals surface area contributed by atoms with E-state index in [1.165, 1.54) is 6.07 Å². The molecule has 0 radical (unpaired) electrons. The fraction of sp³-hybridized carbons (Fsp3) is 0.500. The summed E-state index contributed by atoms with van der Waals surface area (Å²) in [5, 5.41) is 10.6. The first-order valence-electron chi connectivity index (χ1n) is 5.50. The minimum absolute atomic E-state index is 0.109. The molecule has 0 saturated heterocycles. The lowest BCUT2D eigenvalue weighted by Gasteiger charge is -2.13. The van der Waals surface area contributed by atoms with Crippen LogP contribution in [0.5, 0.6) is 0 Å². The maximum atomic E-state index is 10.6. The lowest BCUT2D eigenvalue weighted by molar-refractivity contribution is -0.384. The summed E-state index contributed by atoms with van der Waals surface area (Å²) in [5.41, 5.74) is 6.94. The van der Waals surface area contributed by atoms with E-state index in [0.29, 0.717) is 5.92 Å². The molecule has 0 spiro atoms. The second-order valence-corrected chi connectivity index (χ2v) is 4.43.